The molecule has 1 aliphatic rings. The maximum absolute atomic E-state index is 11.2. The number of hydrogen-bond donors (Lipinski definition) is 3. The van der Waals surface area contributed by atoms with Crippen LogP contribution in [0.25, 0.3) is 0 Å². The van der Waals surface area contributed by atoms with Gasteiger partial charge in [0.1, 0.15) is 0 Å². The molecule has 2 amide bonds. The average Bonchev–Trinajstić information content (AvgIpc) is 2.16. The summed E-state index contributed by atoms with van der Waals surface area (Å²) in [5, 5.41) is 11.0. The Balaban J connectivity index is 2.12. The Morgan fingerprint density at radius 1 is 1.44 bits per heavy atom. The summed E-state index contributed by atoms with van der Waals surface area (Å²) in [4.78, 5) is 25.7. The van der Waals surface area contributed by atoms with E-state index >= 15 is 0 Å². The molecule has 0 aliphatic heterocycles. The number of aliphatic carboxylic acids is 1. The summed E-state index contributed by atoms with van der Waals surface area (Å²) in [7, 11) is 0. The third kappa shape index (κ3) is 3.69. The molecule has 0 bridgehead atoms. The Hall–Kier alpha value is -1.30. The first-order valence-corrected chi connectivity index (χ1v) is 5.45. The second-order valence-electron chi connectivity index (χ2n) is 4.17. The number of nitrogens with one attached hydrogen (secondary N) is 2. The Morgan fingerprint density at radius 3 is 2.56 bits per heavy atom. The molecule has 0 unspecified atom stereocenters. The van der Waals surface area contributed by atoms with Gasteiger partial charge in [-0.1, -0.05) is 13.3 Å². The van der Waals surface area contributed by atoms with Crippen LogP contribution in [0.2, 0.25) is 0 Å². The van der Waals surface area contributed by atoms with Crippen LogP contribution in [0.15, 0.2) is 0 Å². The molecule has 6 nitrogen and oxygen atoms in total. The second kappa shape index (κ2) is 5.69. The number of carboxylic acids is 1. The van der Waals surface area contributed by atoms with E-state index in [0.717, 1.165) is 19.3 Å². The normalized spacial score (nSPS) is 17.3. The molecule has 92 valence electrons. The molecule has 0 atom stereocenters. The van der Waals surface area contributed by atoms with E-state index in [1.807, 2.05) is 5.48 Å². The van der Waals surface area contributed by atoms with Crippen molar-refractivity contribution in [2.45, 2.75) is 32.6 Å². The minimum absolute atomic E-state index is 0.240. The molecule has 3 N–H and O–H groups in total. The summed E-state index contributed by atoms with van der Waals surface area (Å²) < 4.78 is 0. The van der Waals surface area contributed by atoms with Crippen molar-refractivity contribution in [2.75, 3.05) is 13.2 Å². The monoisotopic (exact) mass is 230 g/mol. The topological polar surface area (TPSA) is 87.7 Å². The largest absolute Gasteiger partial charge is 0.479 e. The van der Waals surface area contributed by atoms with Crippen molar-refractivity contribution in [1.29, 1.82) is 0 Å². The van der Waals surface area contributed by atoms with Crippen LogP contribution in [0, 0.1) is 5.41 Å². The third-order valence-corrected chi connectivity index (χ3v) is 3.15. The molecule has 0 radical (unpaired) electrons. The van der Waals surface area contributed by atoms with Crippen LogP contribution in [-0.2, 0) is 9.63 Å². The highest BCUT2D eigenvalue weighted by atomic mass is 16.7. The predicted octanol–water partition coefficient (Wildman–Crippen LogP) is 0.882. The minimum atomic E-state index is -1.12. The molecule has 1 saturated carbocycles. The lowest BCUT2D eigenvalue weighted by atomic mass is 9.67. The first-order chi connectivity index (χ1) is 7.58. The second-order valence-corrected chi connectivity index (χ2v) is 4.17. The molecule has 0 aromatic carbocycles. The van der Waals surface area contributed by atoms with Gasteiger partial charge in [0, 0.05) is 6.54 Å². The van der Waals surface area contributed by atoms with Crippen molar-refractivity contribution in [3.63, 3.8) is 0 Å². The van der Waals surface area contributed by atoms with E-state index in [1.165, 1.54) is 6.42 Å². The van der Waals surface area contributed by atoms with Crippen molar-refractivity contribution in [3.8, 4) is 0 Å². The van der Waals surface area contributed by atoms with E-state index in [-0.39, 0.29) is 5.41 Å². The summed E-state index contributed by atoms with van der Waals surface area (Å²) in [6, 6.07) is -0.485. The van der Waals surface area contributed by atoms with E-state index in [0.29, 0.717) is 6.54 Å². The Bertz CT molecular complexity index is 258. The SMILES string of the molecule is CCC1(CNC(=O)NOCC(=O)O)CCC1. The predicted molar refractivity (Wildman–Crippen MR) is 56.7 cm³/mol. The molecule has 0 aromatic rings. The number of amides is 2. The van der Waals surface area contributed by atoms with Crippen molar-refractivity contribution >= 4 is 12.0 Å². The zero-order chi connectivity index (χ0) is 12.0. The maximum Gasteiger partial charge on any atom is 0.338 e. The van der Waals surface area contributed by atoms with Gasteiger partial charge in [-0.05, 0) is 24.7 Å². The summed E-state index contributed by atoms with van der Waals surface area (Å²) in [6.45, 7) is 2.19. The molecule has 16 heavy (non-hydrogen) atoms. The fraction of sp³-hybridized carbons (Fsp3) is 0.800. The third-order valence-electron chi connectivity index (χ3n) is 3.15. The van der Waals surface area contributed by atoms with Crippen LogP contribution in [0.1, 0.15) is 32.6 Å². The Kier molecular flexibility index (Phi) is 4.54. The zero-order valence-electron chi connectivity index (χ0n) is 9.41. The van der Waals surface area contributed by atoms with Crippen LogP contribution in [0.3, 0.4) is 0 Å². The van der Waals surface area contributed by atoms with Crippen LogP contribution >= 0.6 is 0 Å². The van der Waals surface area contributed by atoms with Gasteiger partial charge in [-0.15, -0.1) is 0 Å². The number of carboxylic acid groups (broad SMARTS) is 1. The Morgan fingerprint density at radius 2 is 2.12 bits per heavy atom. The lowest BCUT2D eigenvalue weighted by Gasteiger charge is -2.41. The molecule has 1 rings (SSSR count). The van der Waals surface area contributed by atoms with Crippen molar-refractivity contribution < 1.29 is 19.5 Å². The highest BCUT2D eigenvalue weighted by Gasteiger charge is 2.35. The highest BCUT2D eigenvalue weighted by Crippen LogP contribution is 2.42. The first kappa shape index (κ1) is 12.8. The van der Waals surface area contributed by atoms with Gasteiger partial charge < -0.3 is 10.4 Å². The number of urea groups is 1. The van der Waals surface area contributed by atoms with Gasteiger partial charge in [0.25, 0.3) is 0 Å². The molecule has 0 heterocycles. The molecule has 0 spiro atoms. The molecule has 0 aromatic heterocycles. The molecule has 0 saturated heterocycles. The van der Waals surface area contributed by atoms with Crippen LogP contribution < -0.4 is 10.8 Å². The van der Waals surface area contributed by atoms with Crippen LogP contribution in [0.4, 0.5) is 4.79 Å². The number of carbonyl (C=O) groups excluding carboxylic acids is 1. The summed E-state index contributed by atoms with van der Waals surface area (Å²) in [5.41, 5.74) is 2.27. The summed E-state index contributed by atoms with van der Waals surface area (Å²) >= 11 is 0. The minimum Gasteiger partial charge on any atom is -0.479 e. The number of rotatable bonds is 6. The van der Waals surface area contributed by atoms with E-state index < -0.39 is 18.6 Å². The zero-order valence-corrected chi connectivity index (χ0v) is 9.41. The summed E-state index contributed by atoms with van der Waals surface area (Å²) in [6.07, 6.45) is 4.54. The standard InChI is InChI=1S/C10H18N2O4/c1-2-10(4-3-5-10)7-11-9(15)12-16-6-8(13)14/h2-7H2,1H3,(H,13,14)(H2,11,12,15). The van der Waals surface area contributed by atoms with E-state index in [1.54, 1.807) is 0 Å². The maximum atomic E-state index is 11.2. The van der Waals surface area contributed by atoms with E-state index in [2.05, 4.69) is 17.1 Å². The number of hydrogen-bond acceptors (Lipinski definition) is 3. The number of hydroxylamine groups is 1. The van der Waals surface area contributed by atoms with Crippen molar-refractivity contribution in [3.05, 3.63) is 0 Å². The van der Waals surface area contributed by atoms with Gasteiger partial charge in [-0.25, -0.2) is 15.1 Å². The smallest absolute Gasteiger partial charge is 0.338 e. The number of carbonyl (C=O) groups is 2. The van der Waals surface area contributed by atoms with Gasteiger partial charge in [0.05, 0.1) is 0 Å². The first-order valence-electron chi connectivity index (χ1n) is 5.45. The molecule has 6 heteroatoms. The lowest BCUT2D eigenvalue weighted by Crippen LogP contribution is -2.45. The van der Waals surface area contributed by atoms with Gasteiger partial charge in [-0.3, -0.25) is 4.84 Å². The van der Waals surface area contributed by atoms with E-state index in [9.17, 15) is 9.59 Å². The fourth-order valence-electron chi connectivity index (χ4n) is 1.80. The van der Waals surface area contributed by atoms with Crippen molar-refractivity contribution in [1.82, 2.24) is 10.8 Å². The van der Waals surface area contributed by atoms with Crippen LogP contribution in [-0.4, -0.2) is 30.3 Å². The van der Waals surface area contributed by atoms with Crippen molar-refractivity contribution in [2.24, 2.45) is 5.41 Å². The van der Waals surface area contributed by atoms with E-state index in [4.69, 9.17) is 5.11 Å². The summed E-state index contributed by atoms with van der Waals surface area (Å²) in [5.74, 6) is -1.12. The average molecular weight is 230 g/mol. The van der Waals surface area contributed by atoms with Gasteiger partial charge >= 0.3 is 12.0 Å². The van der Waals surface area contributed by atoms with Gasteiger partial charge in [-0.2, -0.15) is 0 Å². The molecule has 1 aliphatic carbocycles. The highest BCUT2D eigenvalue weighted by molar-refractivity contribution is 5.73. The molecular formula is C10H18N2O4. The quantitative estimate of drug-likeness (QED) is 0.591. The van der Waals surface area contributed by atoms with Gasteiger partial charge in [0.2, 0.25) is 0 Å². The fourth-order valence-corrected chi connectivity index (χ4v) is 1.80. The van der Waals surface area contributed by atoms with Crippen LogP contribution in [0.5, 0.6) is 0 Å². The molecular weight excluding hydrogens is 212 g/mol. The lowest BCUT2D eigenvalue weighted by molar-refractivity contribution is -0.144. The Labute approximate surface area is 94.3 Å². The van der Waals surface area contributed by atoms with Gasteiger partial charge in [0.15, 0.2) is 6.61 Å². The molecule has 1 fully saturated rings.